The van der Waals surface area contributed by atoms with Crippen molar-refractivity contribution in [3.05, 3.63) is 52.8 Å². The van der Waals surface area contributed by atoms with E-state index in [0.29, 0.717) is 10.8 Å². The van der Waals surface area contributed by atoms with Gasteiger partial charge < -0.3 is 25.6 Å². The highest BCUT2D eigenvalue weighted by atomic mass is 35.5. The summed E-state index contributed by atoms with van der Waals surface area (Å²) in [6.45, 7) is 5.32. The first-order valence-corrected chi connectivity index (χ1v) is 11.0. The molecule has 4 rings (SSSR count). The number of fused-ring (bicyclic) bond motifs is 1. The SMILES string of the molecule is C[C@@H](O)[C@H](N)C(=O)N1CCn2c(nc(-c3cc(F)c(F)c(F)c3)c2Nc2ncc(Cl)cn2)C1(C)C. The van der Waals surface area contributed by atoms with Crippen LogP contribution < -0.4 is 11.1 Å². The Balaban J connectivity index is 1.87. The van der Waals surface area contributed by atoms with Crippen LogP contribution in [0.1, 0.15) is 26.6 Å². The van der Waals surface area contributed by atoms with E-state index in [1.165, 1.54) is 24.2 Å². The van der Waals surface area contributed by atoms with Crippen molar-refractivity contribution in [3.8, 4) is 11.3 Å². The van der Waals surface area contributed by atoms with E-state index >= 15 is 0 Å². The van der Waals surface area contributed by atoms with E-state index in [2.05, 4.69) is 20.3 Å². The first-order valence-electron chi connectivity index (χ1n) is 10.7. The van der Waals surface area contributed by atoms with E-state index in [0.717, 1.165) is 12.1 Å². The second kappa shape index (κ2) is 9.10. The molecule has 35 heavy (non-hydrogen) atoms. The van der Waals surface area contributed by atoms with Gasteiger partial charge in [-0.05, 0) is 32.9 Å². The third-order valence-corrected chi connectivity index (χ3v) is 6.11. The molecular weight excluding hydrogens is 487 g/mol. The van der Waals surface area contributed by atoms with E-state index < -0.39 is 41.0 Å². The van der Waals surface area contributed by atoms with Crippen LogP contribution in [0.15, 0.2) is 24.5 Å². The van der Waals surface area contributed by atoms with Crippen LogP contribution in [0.3, 0.4) is 0 Å². The summed E-state index contributed by atoms with van der Waals surface area (Å²) in [7, 11) is 0. The highest BCUT2D eigenvalue weighted by Crippen LogP contribution is 2.40. The van der Waals surface area contributed by atoms with Crippen molar-refractivity contribution in [1.29, 1.82) is 0 Å². The summed E-state index contributed by atoms with van der Waals surface area (Å²) >= 11 is 5.86. The molecule has 1 amide bonds. The fourth-order valence-electron chi connectivity index (χ4n) is 4.01. The number of carbonyl (C=O) groups is 1. The van der Waals surface area contributed by atoms with Crippen molar-refractivity contribution in [3.63, 3.8) is 0 Å². The fourth-order valence-corrected chi connectivity index (χ4v) is 4.11. The van der Waals surface area contributed by atoms with Crippen LogP contribution in [0.2, 0.25) is 5.02 Å². The van der Waals surface area contributed by atoms with Crippen molar-refractivity contribution in [2.75, 3.05) is 11.9 Å². The molecule has 1 aliphatic rings. The Morgan fingerprint density at radius 1 is 1.20 bits per heavy atom. The standard InChI is InChI=1S/C22H23ClF3N7O2/c1-10(34)16(27)19(35)33-5-4-32-18(31-21-28-8-12(23)9-29-21)17(30-20(32)22(33,2)3)11-6-13(24)15(26)14(25)7-11/h6-10,16,34H,4-5,27H2,1-3H3,(H,28,29,31)/t10-,16+/m1/s1. The topological polar surface area (TPSA) is 122 Å². The second-order valence-corrected chi connectivity index (χ2v) is 9.14. The number of halogens is 4. The third-order valence-electron chi connectivity index (χ3n) is 5.92. The predicted molar refractivity (Wildman–Crippen MR) is 122 cm³/mol. The lowest BCUT2D eigenvalue weighted by Crippen LogP contribution is -2.58. The van der Waals surface area contributed by atoms with Gasteiger partial charge in [-0.1, -0.05) is 11.6 Å². The van der Waals surface area contributed by atoms with E-state index in [1.807, 2.05) is 0 Å². The molecule has 4 N–H and O–H groups in total. The molecule has 186 valence electrons. The predicted octanol–water partition coefficient (Wildman–Crippen LogP) is 2.94. The molecule has 0 unspecified atom stereocenters. The highest BCUT2D eigenvalue weighted by Gasteiger charge is 2.43. The number of rotatable bonds is 5. The molecule has 0 radical (unpaired) electrons. The largest absolute Gasteiger partial charge is 0.391 e. The maximum atomic E-state index is 14.1. The molecule has 2 aromatic heterocycles. The number of imidazole rings is 1. The molecule has 3 heterocycles. The van der Waals surface area contributed by atoms with Crippen LogP contribution in [0.4, 0.5) is 24.9 Å². The number of nitrogens with zero attached hydrogens (tertiary/aromatic N) is 5. The Bertz CT molecular complexity index is 1260. The van der Waals surface area contributed by atoms with Gasteiger partial charge in [0.2, 0.25) is 11.9 Å². The van der Waals surface area contributed by atoms with Crippen molar-refractivity contribution >= 4 is 29.3 Å². The number of anilines is 2. The van der Waals surface area contributed by atoms with Crippen molar-refractivity contribution in [2.45, 2.75) is 45.0 Å². The maximum Gasteiger partial charge on any atom is 0.243 e. The van der Waals surface area contributed by atoms with E-state index in [-0.39, 0.29) is 36.1 Å². The third kappa shape index (κ3) is 4.44. The Hall–Kier alpha value is -3.22. The molecule has 0 saturated heterocycles. The van der Waals surface area contributed by atoms with Gasteiger partial charge in [0, 0.05) is 18.7 Å². The number of carbonyl (C=O) groups excluding carboxylic acids is 1. The lowest BCUT2D eigenvalue weighted by molar-refractivity contribution is -0.142. The molecule has 2 atom stereocenters. The van der Waals surface area contributed by atoms with Gasteiger partial charge in [0.1, 0.15) is 23.4 Å². The Morgan fingerprint density at radius 2 is 1.80 bits per heavy atom. The number of amides is 1. The molecular formula is C22H23ClF3N7O2. The number of hydrogen-bond acceptors (Lipinski definition) is 7. The molecule has 13 heteroatoms. The van der Waals surface area contributed by atoms with Crippen LogP contribution in [0.25, 0.3) is 11.3 Å². The summed E-state index contributed by atoms with van der Waals surface area (Å²) in [4.78, 5) is 27.3. The van der Waals surface area contributed by atoms with E-state index in [1.54, 1.807) is 18.4 Å². The minimum atomic E-state index is -1.60. The number of benzene rings is 1. The van der Waals surface area contributed by atoms with Gasteiger partial charge in [-0.25, -0.2) is 28.1 Å². The first-order chi connectivity index (χ1) is 16.4. The quantitative estimate of drug-likeness (QED) is 0.452. The molecule has 9 nitrogen and oxygen atoms in total. The van der Waals surface area contributed by atoms with Gasteiger partial charge in [0.15, 0.2) is 17.5 Å². The summed E-state index contributed by atoms with van der Waals surface area (Å²) in [6.07, 6.45) is 1.66. The lowest BCUT2D eigenvalue weighted by Gasteiger charge is -2.43. The molecule has 0 fully saturated rings. The fraction of sp³-hybridized carbons (Fsp3) is 0.364. The number of nitrogens with two attached hydrogens (primary N) is 1. The summed E-state index contributed by atoms with van der Waals surface area (Å²) in [5.41, 5.74) is 4.92. The van der Waals surface area contributed by atoms with Gasteiger partial charge in [0.05, 0.1) is 29.1 Å². The van der Waals surface area contributed by atoms with Gasteiger partial charge in [-0.15, -0.1) is 0 Å². The summed E-state index contributed by atoms with van der Waals surface area (Å²) in [5, 5.41) is 13.1. The van der Waals surface area contributed by atoms with Crippen molar-refractivity contribution in [2.24, 2.45) is 5.73 Å². The zero-order valence-electron chi connectivity index (χ0n) is 19.1. The van der Waals surface area contributed by atoms with Crippen LogP contribution in [-0.2, 0) is 16.9 Å². The normalized spacial score (nSPS) is 16.5. The second-order valence-electron chi connectivity index (χ2n) is 8.70. The maximum absolute atomic E-state index is 14.1. The highest BCUT2D eigenvalue weighted by molar-refractivity contribution is 6.30. The van der Waals surface area contributed by atoms with Crippen LogP contribution in [0.5, 0.6) is 0 Å². The van der Waals surface area contributed by atoms with Crippen LogP contribution in [-0.4, -0.2) is 54.1 Å². The van der Waals surface area contributed by atoms with Crippen molar-refractivity contribution < 1.29 is 23.1 Å². The summed E-state index contributed by atoms with van der Waals surface area (Å²) in [6, 6.07) is 0.524. The minimum absolute atomic E-state index is 0.0332. The zero-order chi connectivity index (χ0) is 25.7. The average molecular weight is 510 g/mol. The smallest absolute Gasteiger partial charge is 0.243 e. The Kier molecular flexibility index (Phi) is 6.47. The Labute approximate surface area is 203 Å². The summed E-state index contributed by atoms with van der Waals surface area (Å²) in [5.74, 6) is -4.04. The van der Waals surface area contributed by atoms with E-state index in [9.17, 15) is 23.1 Å². The molecule has 1 aliphatic heterocycles. The van der Waals surface area contributed by atoms with E-state index in [4.69, 9.17) is 17.3 Å². The van der Waals surface area contributed by atoms with Gasteiger partial charge >= 0.3 is 0 Å². The number of nitrogens with one attached hydrogen (secondary N) is 1. The first kappa shape index (κ1) is 24.9. The average Bonchev–Trinajstić information content (AvgIpc) is 3.17. The Morgan fingerprint density at radius 3 is 2.37 bits per heavy atom. The molecule has 0 aliphatic carbocycles. The number of hydrogen-bond donors (Lipinski definition) is 3. The van der Waals surface area contributed by atoms with Gasteiger partial charge in [0.25, 0.3) is 0 Å². The van der Waals surface area contributed by atoms with Gasteiger partial charge in [-0.2, -0.15) is 0 Å². The molecule has 3 aromatic rings. The summed E-state index contributed by atoms with van der Waals surface area (Å²) < 4.78 is 43.6. The van der Waals surface area contributed by atoms with Crippen LogP contribution in [0, 0.1) is 17.5 Å². The minimum Gasteiger partial charge on any atom is -0.391 e. The monoisotopic (exact) mass is 509 g/mol. The zero-order valence-corrected chi connectivity index (χ0v) is 19.8. The molecule has 1 aromatic carbocycles. The number of aliphatic hydroxyl groups excluding tert-OH is 1. The van der Waals surface area contributed by atoms with Crippen LogP contribution >= 0.6 is 11.6 Å². The molecule has 0 saturated carbocycles. The van der Waals surface area contributed by atoms with Gasteiger partial charge in [-0.3, -0.25) is 4.79 Å². The lowest BCUT2D eigenvalue weighted by atomic mass is 9.97. The number of aliphatic hydroxyl groups is 1. The molecule has 0 spiro atoms. The molecule has 0 bridgehead atoms. The van der Waals surface area contributed by atoms with Crippen molar-refractivity contribution in [1.82, 2.24) is 24.4 Å². The number of aromatic nitrogens is 4.